The number of rotatable bonds is 5. The first kappa shape index (κ1) is 13.1. The summed E-state index contributed by atoms with van der Waals surface area (Å²) < 4.78 is 10.8. The topological polar surface area (TPSA) is 70.3 Å². The van der Waals surface area contributed by atoms with Crippen molar-refractivity contribution in [3.63, 3.8) is 0 Å². The lowest BCUT2D eigenvalue weighted by Gasteiger charge is -2.08. The Morgan fingerprint density at radius 3 is 2.79 bits per heavy atom. The van der Waals surface area contributed by atoms with Crippen molar-refractivity contribution in [2.45, 2.75) is 20.0 Å². The van der Waals surface area contributed by atoms with E-state index in [4.69, 9.17) is 15.2 Å². The molecule has 0 bridgehead atoms. The Balaban J connectivity index is 2.07. The smallest absolute Gasteiger partial charge is 0.219 e. The summed E-state index contributed by atoms with van der Waals surface area (Å²) in [6.45, 7) is 2.39. The molecular weight excluding hydrogens is 242 g/mol. The molecule has 19 heavy (non-hydrogen) atoms. The Bertz CT molecular complexity index is 558. The van der Waals surface area contributed by atoms with Gasteiger partial charge in [0.05, 0.1) is 7.11 Å². The summed E-state index contributed by atoms with van der Waals surface area (Å²) in [4.78, 5) is 8.37. The average Bonchev–Trinajstić information content (AvgIpc) is 2.44. The molecule has 0 radical (unpaired) electrons. The second-order valence-corrected chi connectivity index (χ2v) is 4.04. The summed E-state index contributed by atoms with van der Waals surface area (Å²) in [7, 11) is 1.64. The highest BCUT2D eigenvalue weighted by atomic mass is 16.5. The second kappa shape index (κ2) is 6.04. The Labute approximate surface area is 112 Å². The van der Waals surface area contributed by atoms with Gasteiger partial charge in [0.15, 0.2) is 0 Å². The van der Waals surface area contributed by atoms with Crippen LogP contribution in [-0.2, 0) is 13.0 Å². The summed E-state index contributed by atoms with van der Waals surface area (Å²) in [6, 6.07) is 9.32. The Hall–Kier alpha value is -2.30. The maximum Gasteiger partial charge on any atom is 0.219 e. The van der Waals surface area contributed by atoms with Gasteiger partial charge in [-0.05, 0) is 17.7 Å². The molecular formula is C14H17N3O2. The number of hydrogen-bond donors (Lipinski definition) is 1. The molecule has 0 fully saturated rings. The van der Waals surface area contributed by atoms with Gasteiger partial charge in [-0.1, -0.05) is 19.1 Å². The van der Waals surface area contributed by atoms with Crippen molar-refractivity contribution in [1.82, 2.24) is 9.97 Å². The van der Waals surface area contributed by atoms with Crippen LogP contribution in [0.15, 0.2) is 30.3 Å². The summed E-state index contributed by atoms with van der Waals surface area (Å²) in [5, 5.41) is 0. The van der Waals surface area contributed by atoms with E-state index in [0.29, 0.717) is 24.1 Å². The first-order valence-corrected chi connectivity index (χ1v) is 6.10. The van der Waals surface area contributed by atoms with E-state index in [1.165, 1.54) is 0 Å². The van der Waals surface area contributed by atoms with Gasteiger partial charge in [-0.3, -0.25) is 0 Å². The molecule has 1 aromatic carbocycles. The summed E-state index contributed by atoms with van der Waals surface area (Å²) in [6.07, 6.45) is 0.723. The van der Waals surface area contributed by atoms with Gasteiger partial charge in [-0.25, -0.2) is 4.98 Å². The number of nitrogen functional groups attached to an aromatic ring is 1. The Morgan fingerprint density at radius 1 is 1.21 bits per heavy atom. The predicted octanol–water partition coefficient (Wildman–Crippen LogP) is 2.21. The molecule has 1 heterocycles. The van der Waals surface area contributed by atoms with Crippen LogP contribution in [0, 0.1) is 0 Å². The van der Waals surface area contributed by atoms with E-state index in [1.807, 2.05) is 31.2 Å². The molecule has 0 aliphatic carbocycles. The fourth-order valence-electron chi connectivity index (χ4n) is 1.64. The van der Waals surface area contributed by atoms with Crippen LogP contribution in [0.1, 0.15) is 18.3 Å². The summed E-state index contributed by atoms with van der Waals surface area (Å²) in [5.41, 5.74) is 6.71. The van der Waals surface area contributed by atoms with Crippen molar-refractivity contribution in [1.29, 1.82) is 0 Å². The molecule has 0 atom stereocenters. The molecule has 5 nitrogen and oxygen atoms in total. The zero-order valence-corrected chi connectivity index (χ0v) is 11.1. The van der Waals surface area contributed by atoms with E-state index in [9.17, 15) is 0 Å². The molecule has 5 heteroatoms. The zero-order chi connectivity index (χ0) is 13.7. The highest BCUT2D eigenvalue weighted by Gasteiger charge is 2.03. The van der Waals surface area contributed by atoms with Crippen molar-refractivity contribution in [3.05, 3.63) is 41.7 Å². The molecule has 0 aliphatic heterocycles. The van der Waals surface area contributed by atoms with Crippen molar-refractivity contribution < 1.29 is 9.47 Å². The molecule has 0 amide bonds. The Morgan fingerprint density at radius 2 is 2.05 bits per heavy atom. The molecule has 0 spiro atoms. The van der Waals surface area contributed by atoms with Crippen LogP contribution in [-0.4, -0.2) is 17.1 Å². The number of nitrogens with two attached hydrogens (primary N) is 1. The number of aromatic nitrogens is 2. The van der Waals surface area contributed by atoms with E-state index >= 15 is 0 Å². The number of methoxy groups -OCH3 is 1. The number of aryl methyl sites for hydroxylation is 1. The largest absolute Gasteiger partial charge is 0.497 e. The Kier molecular flexibility index (Phi) is 4.18. The van der Waals surface area contributed by atoms with Crippen LogP contribution in [0.25, 0.3) is 0 Å². The van der Waals surface area contributed by atoms with E-state index < -0.39 is 0 Å². The minimum Gasteiger partial charge on any atom is -0.497 e. The molecule has 0 saturated heterocycles. The number of anilines is 1. The monoisotopic (exact) mass is 259 g/mol. The molecule has 2 aromatic rings. The van der Waals surface area contributed by atoms with Gasteiger partial charge in [0.25, 0.3) is 0 Å². The van der Waals surface area contributed by atoms with Gasteiger partial charge < -0.3 is 15.2 Å². The lowest BCUT2D eigenvalue weighted by molar-refractivity contribution is 0.291. The van der Waals surface area contributed by atoms with Crippen LogP contribution < -0.4 is 15.2 Å². The van der Waals surface area contributed by atoms with Crippen LogP contribution in [0.5, 0.6) is 11.6 Å². The maximum absolute atomic E-state index is 5.70. The minimum absolute atomic E-state index is 0.413. The number of hydrogen-bond acceptors (Lipinski definition) is 5. The molecule has 0 aliphatic rings. The van der Waals surface area contributed by atoms with Crippen LogP contribution in [0.4, 0.5) is 5.82 Å². The SMILES string of the molecule is CCc1nc(N)cc(OCc2cccc(OC)c2)n1. The highest BCUT2D eigenvalue weighted by molar-refractivity contribution is 5.33. The summed E-state index contributed by atoms with van der Waals surface area (Å²) >= 11 is 0. The minimum atomic E-state index is 0.413. The van der Waals surface area contributed by atoms with Gasteiger partial charge in [0.2, 0.25) is 5.88 Å². The van der Waals surface area contributed by atoms with Gasteiger partial charge in [0.1, 0.15) is 24.0 Å². The quantitative estimate of drug-likeness (QED) is 0.891. The third kappa shape index (κ3) is 3.58. The normalized spacial score (nSPS) is 10.2. The van der Waals surface area contributed by atoms with Crippen molar-refractivity contribution in [2.75, 3.05) is 12.8 Å². The first-order chi connectivity index (χ1) is 9.21. The number of ether oxygens (including phenoxy) is 2. The summed E-state index contributed by atoms with van der Waals surface area (Å²) in [5.74, 6) is 2.40. The van der Waals surface area contributed by atoms with E-state index in [2.05, 4.69) is 9.97 Å². The average molecular weight is 259 g/mol. The molecule has 0 unspecified atom stereocenters. The van der Waals surface area contributed by atoms with Crippen molar-refractivity contribution in [2.24, 2.45) is 0 Å². The third-order valence-electron chi connectivity index (χ3n) is 2.61. The van der Waals surface area contributed by atoms with Gasteiger partial charge >= 0.3 is 0 Å². The van der Waals surface area contributed by atoms with Gasteiger partial charge in [-0.2, -0.15) is 4.98 Å². The van der Waals surface area contributed by atoms with Crippen LogP contribution >= 0.6 is 0 Å². The van der Waals surface area contributed by atoms with Crippen molar-refractivity contribution >= 4 is 5.82 Å². The fraction of sp³-hybridized carbons (Fsp3) is 0.286. The van der Waals surface area contributed by atoms with Gasteiger partial charge in [0, 0.05) is 12.5 Å². The number of benzene rings is 1. The molecule has 2 N–H and O–H groups in total. The fourth-order valence-corrected chi connectivity index (χ4v) is 1.64. The molecule has 100 valence electrons. The van der Waals surface area contributed by atoms with Crippen molar-refractivity contribution in [3.8, 4) is 11.6 Å². The van der Waals surface area contributed by atoms with E-state index in [0.717, 1.165) is 17.7 Å². The lowest BCUT2D eigenvalue weighted by atomic mass is 10.2. The number of nitrogens with zero attached hydrogens (tertiary/aromatic N) is 2. The van der Waals surface area contributed by atoms with Crippen LogP contribution in [0.3, 0.4) is 0 Å². The third-order valence-corrected chi connectivity index (χ3v) is 2.61. The van der Waals surface area contributed by atoms with Gasteiger partial charge in [-0.15, -0.1) is 0 Å². The van der Waals surface area contributed by atoms with Crippen LogP contribution in [0.2, 0.25) is 0 Å². The predicted molar refractivity (Wildman–Crippen MR) is 73.1 cm³/mol. The van der Waals surface area contributed by atoms with E-state index in [-0.39, 0.29) is 0 Å². The molecule has 2 rings (SSSR count). The standard InChI is InChI=1S/C14H17N3O2/c1-3-13-16-12(15)8-14(17-13)19-9-10-5-4-6-11(7-10)18-2/h4-8H,3,9H2,1-2H3,(H2,15,16,17). The van der Waals surface area contributed by atoms with E-state index in [1.54, 1.807) is 13.2 Å². The second-order valence-electron chi connectivity index (χ2n) is 4.04. The zero-order valence-electron chi connectivity index (χ0n) is 11.1. The first-order valence-electron chi connectivity index (χ1n) is 6.10. The molecule has 1 aromatic heterocycles. The maximum atomic E-state index is 5.70. The molecule has 0 saturated carbocycles. The lowest BCUT2D eigenvalue weighted by Crippen LogP contribution is -2.03. The highest BCUT2D eigenvalue weighted by Crippen LogP contribution is 2.16.